The molecule has 0 aliphatic rings. The number of rotatable bonds is 6. The molecule has 0 spiro atoms. The fraction of sp³-hybridized carbons (Fsp3) is 0.176. The predicted octanol–water partition coefficient (Wildman–Crippen LogP) is 0.429. The third-order valence-corrected chi connectivity index (χ3v) is 3.55. The molecule has 0 unspecified atom stereocenters. The summed E-state index contributed by atoms with van der Waals surface area (Å²) in [5.41, 5.74) is -0.928. The molecule has 0 aliphatic carbocycles. The van der Waals surface area contributed by atoms with Crippen LogP contribution in [-0.4, -0.2) is 41.1 Å². The first-order valence-electron chi connectivity index (χ1n) is 7.74. The molecular formula is C17H16N4O5. The lowest BCUT2D eigenvalue weighted by atomic mass is 10.2. The Balaban J connectivity index is 1.60. The largest absolute Gasteiger partial charge is 0.497 e. The van der Waals surface area contributed by atoms with Gasteiger partial charge in [0.2, 0.25) is 0 Å². The van der Waals surface area contributed by atoms with Gasteiger partial charge in [-0.25, -0.2) is 9.78 Å². The van der Waals surface area contributed by atoms with Crippen LogP contribution in [0, 0.1) is 0 Å². The smallest absolute Gasteiger partial charge is 0.327 e. The highest BCUT2D eigenvalue weighted by molar-refractivity contribution is 5.96. The Labute approximate surface area is 147 Å². The topological polar surface area (TPSA) is 126 Å². The number of methoxy groups -OCH3 is 1. The number of nitrogens with zero attached hydrogens (tertiary/aromatic N) is 1. The average Bonchev–Trinajstić information content (AvgIpc) is 2.65. The fourth-order valence-corrected chi connectivity index (χ4v) is 2.30. The summed E-state index contributed by atoms with van der Waals surface area (Å²) in [5, 5.41) is 2.80. The molecule has 0 bridgehead atoms. The van der Waals surface area contributed by atoms with Crippen LogP contribution >= 0.6 is 0 Å². The van der Waals surface area contributed by atoms with Crippen LogP contribution in [0.3, 0.4) is 0 Å². The number of hydrogen-bond donors (Lipinski definition) is 3. The van der Waals surface area contributed by atoms with Gasteiger partial charge in [-0.15, -0.1) is 0 Å². The number of benzene rings is 1. The molecule has 1 aromatic carbocycles. The van der Waals surface area contributed by atoms with Gasteiger partial charge in [0.05, 0.1) is 24.6 Å². The van der Waals surface area contributed by atoms with Crippen molar-refractivity contribution in [2.45, 2.75) is 0 Å². The Morgan fingerprint density at radius 2 is 2.00 bits per heavy atom. The summed E-state index contributed by atoms with van der Waals surface area (Å²) in [6.45, 7) is 0.518. The van der Waals surface area contributed by atoms with Crippen LogP contribution in [0.2, 0.25) is 0 Å². The Morgan fingerprint density at radius 1 is 1.19 bits per heavy atom. The summed E-state index contributed by atoms with van der Waals surface area (Å²) in [4.78, 5) is 43.6. The van der Waals surface area contributed by atoms with Crippen LogP contribution in [0.1, 0.15) is 10.4 Å². The highest BCUT2D eigenvalue weighted by atomic mass is 16.5. The second-order valence-corrected chi connectivity index (χ2v) is 5.31. The van der Waals surface area contributed by atoms with Gasteiger partial charge < -0.3 is 14.8 Å². The number of aromatic nitrogens is 3. The van der Waals surface area contributed by atoms with Crippen LogP contribution < -0.4 is 26.0 Å². The van der Waals surface area contributed by atoms with E-state index in [0.717, 1.165) is 0 Å². The van der Waals surface area contributed by atoms with E-state index in [4.69, 9.17) is 9.47 Å². The van der Waals surface area contributed by atoms with Crippen molar-refractivity contribution in [3.05, 3.63) is 62.9 Å². The van der Waals surface area contributed by atoms with Crippen LogP contribution in [0.25, 0.3) is 11.0 Å². The van der Waals surface area contributed by atoms with Gasteiger partial charge >= 0.3 is 5.69 Å². The summed E-state index contributed by atoms with van der Waals surface area (Å²) in [5.74, 6) is 0.901. The minimum atomic E-state index is -0.651. The maximum absolute atomic E-state index is 12.2. The van der Waals surface area contributed by atoms with E-state index in [9.17, 15) is 14.4 Å². The summed E-state index contributed by atoms with van der Waals surface area (Å²) in [7, 11) is 1.57. The van der Waals surface area contributed by atoms with Gasteiger partial charge in [-0.05, 0) is 18.2 Å². The van der Waals surface area contributed by atoms with E-state index < -0.39 is 17.2 Å². The fourth-order valence-electron chi connectivity index (χ4n) is 2.30. The van der Waals surface area contributed by atoms with Crippen LogP contribution in [0.15, 0.2) is 46.1 Å². The lowest BCUT2D eigenvalue weighted by molar-refractivity contribution is 0.0946. The normalized spacial score (nSPS) is 10.5. The average molecular weight is 356 g/mol. The number of pyridine rings is 1. The lowest BCUT2D eigenvalue weighted by Crippen LogP contribution is -2.29. The van der Waals surface area contributed by atoms with Gasteiger partial charge in [-0.2, -0.15) is 0 Å². The number of nitrogens with one attached hydrogen (secondary N) is 3. The van der Waals surface area contributed by atoms with Crippen LogP contribution in [0.5, 0.6) is 11.5 Å². The minimum absolute atomic E-state index is 0.122. The number of aromatic amines is 2. The molecule has 0 aliphatic heterocycles. The van der Waals surface area contributed by atoms with Crippen molar-refractivity contribution < 1.29 is 14.3 Å². The molecular weight excluding hydrogens is 340 g/mol. The van der Waals surface area contributed by atoms with Gasteiger partial charge in [-0.1, -0.05) is 6.07 Å². The first-order chi connectivity index (χ1) is 12.6. The second kappa shape index (κ2) is 7.51. The van der Waals surface area contributed by atoms with E-state index >= 15 is 0 Å². The number of carbonyl (C=O) groups excluding carboxylic acids is 1. The Kier molecular flexibility index (Phi) is 4.97. The van der Waals surface area contributed by atoms with E-state index in [1.54, 1.807) is 31.4 Å². The van der Waals surface area contributed by atoms with Crippen molar-refractivity contribution in [1.29, 1.82) is 0 Å². The number of ether oxygens (including phenoxy) is 2. The van der Waals surface area contributed by atoms with E-state index in [1.165, 1.54) is 12.3 Å². The van der Waals surface area contributed by atoms with Crippen LogP contribution in [0.4, 0.5) is 0 Å². The van der Waals surface area contributed by atoms with Crippen molar-refractivity contribution in [2.24, 2.45) is 0 Å². The van der Waals surface area contributed by atoms with Gasteiger partial charge in [-0.3, -0.25) is 19.6 Å². The van der Waals surface area contributed by atoms with Crippen molar-refractivity contribution in [2.75, 3.05) is 20.3 Å². The molecule has 3 aromatic rings. The quantitative estimate of drug-likeness (QED) is 0.550. The zero-order valence-electron chi connectivity index (χ0n) is 13.9. The first-order valence-corrected chi connectivity index (χ1v) is 7.74. The highest BCUT2D eigenvalue weighted by Crippen LogP contribution is 2.18. The van der Waals surface area contributed by atoms with E-state index in [1.807, 2.05) is 0 Å². The molecule has 0 atom stereocenters. The Morgan fingerprint density at radius 3 is 2.81 bits per heavy atom. The molecule has 9 heteroatoms. The maximum Gasteiger partial charge on any atom is 0.327 e. The molecule has 2 aromatic heterocycles. The van der Waals surface area contributed by atoms with E-state index in [0.29, 0.717) is 11.5 Å². The number of H-pyrrole nitrogens is 2. The van der Waals surface area contributed by atoms with Gasteiger partial charge in [0, 0.05) is 12.3 Å². The van der Waals surface area contributed by atoms with Crippen molar-refractivity contribution in [3.63, 3.8) is 0 Å². The Bertz CT molecular complexity index is 1060. The first kappa shape index (κ1) is 17.2. The zero-order chi connectivity index (χ0) is 18.5. The third-order valence-electron chi connectivity index (χ3n) is 3.55. The third kappa shape index (κ3) is 3.89. The van der Waals surface area contributed by atoms with E-state index in [2.05, 4.69) is 20.3 Å². The van der Waals surface area contributed by atoms with Gasteiger partial charge in [0.1, 0.15) is 23.8 Å². The molecule has 134 valence electrons. The van der Waals surface area contributed by atoms with Crippen molar-refractivity contribution in [1.82, 2.24) is 20.3 Å². The molecule has 3 rings (SSSR count). The summed E-state index contributed by atoms with van der Waals surface area (Å²) in [6.07, 6.45) is 1.29. The molecule has 0 saturated heterocycles. The second-order valence-electron chi connectivity index (χ2n) is 5.31. The van der Waals surface area contributed by atoms with Gasteiger partial charge in [0.15, 0.2) is 0 Å². The minimum Gasteiger partial charge on any atom is -0.497 e. The molecule has 9 nitrogen and oxygen atoms in total. The summed E-state index contributed by atoms with van der Waals surface area (Å²) < 4.78 is 10.6. The molecule has 0 radical (unpaired) electrons. The standard InChI is InChI=1S/C17H16N4O5/c1-25-11-3-2-4-12(8-11)26-6-5-18-15(22)10-7-13-14(19-9-10)20-17(24)21-16(13)23/h2-4,7-9H,5-6H2,1H3,(H,18,22)(H2,19,20,21,23,24). The van der Waals surface area contributed by atoms with Crippen molar-refractivity contribution in [3.8, 4) is 11.5 Å². The SMILES string of the molecule is COc1cccc(OCCNC(=O)c2cnc3[nH]c(=O)[nH]c(=O)c3c2)c1. The lowest BCUT2D eigenvalue weighted by Gasteiger charge is -2.09. The summed E-state index contributed by atoms with van der Waals surface area (Å²) >= 11 is 0. The maximum atomic E-state index is 12.2. The predicted molar refractivity (Wildman–Crippen MR) is 93.8 cm³/mol. The van der Waals surface area contributed by atoms with Crippen LogP contribution in [-0.2, 0) is 0 Å². The molecule has 26 heavy (non-hydrogen) atoms. The number of hydrogen-bond acceptors (Lipinski definition) is 6. The Hall–Kier alpha value is -3.62. The molecule has 2 heterocycles. The molecule has 0 saturated carbocycles. The molecule has 0 fully saturated rings. The number of carbonyl (C=O) groups is 1. The number of fused-ring (bicyclic) bond motifs is 1. The zero-order valence-corrected chi connectivity index (χ0v) is 13.9. The summed E-state index contributed by atoms with van der Waals surface area (Å²) in [6, 6.07) is 8.49. The highest BCUT2D eigenvalue weighted by Gasteiger charge is 2.09. The van der Waals surface area contributed by atoms with E-state index in [-0.39, 0.29) is 29.7 Å². The van der Waals surface area contributed by atoms with Crippen molar-refractivity contribution >= 4 is 16.9 Å². The monoisotopic (exact) mass is 356 g/mol. The molecule has 1 amide bonds. The number of amides is 1. The molecule has 3 N–H and O–H groups in total. The van der Waals surface area contributed by atoms with Gasteiger partial charge in [0.25, 0.3) is 11.5 Å².